The Morgan fingerprint density at radius 3 is 2.57 bits per heavy atom. The molecule has 0 aliphatic rings. The maximum atomic E-state index is 13.6. The Morgan fingerprint density at radius 2 is 2.07 bits per heavy atom. The van der Waals surface area contributed by atoms with E-state index in [9.17, 15) is 4.39 Å². The van der Waals surface area contributed by atoms with Crippen molar-refractivity contribution in [3.05, 3.63) is 26.4 Å². The molecule has 0 aromatic heterocycles. The summed E-state index contributed by atoms with van der Waals surface area (Å²) >= 11 is 6.34. The summed E-state index contributed by atoms with van der Waals surface area (Å²) in [6.07, 6.45) is 0. The van der Waals surface area contributed by atoms with E-state index in [-0.39, 0.29) is 17.9 Å². The van der Waals surface area contributed by atoms with E-state index >= 15 is 0 Å². The van der Waals surface area contributed by atoms with Crippen molar-refractivity contribution in [2.75, 3.05) is 6.61 Å². The molecular formula is C9H9Br2FO2. The van der Waals surface area contributed by atoms with Crippen LogP contribution in [0, 0.1) is 5.82 Å². The van der Waals surface area contributed by atoms with Crippen LogP contribution < -0.4 is 4.74 Å². The Balaban J connectivity index is 3.28. The molecule has 78 valence electrons. The van der Waals surface area contributed by atoms with E-state index in [0.29, 0.717) is 15.6 Å². The molecule has 0 amide bonds. The topological polar surface area (TPSA) is 29.5 Å². The van der Waals surface area contributed by atoms with Crippen LogP contribution in [-0.2, 0) is 6.61 Å². The lowest BCUT2D eigenvalue weighted by molar-refractivity contribution is 0.267. The molecule has 0 atom stereocenters. The molecule has 1 aromatic rings. The molecular weight excluding hydrogens is 319 g/mol. The highest BCUT2D eigenvalue weighted by Gasteiger charge is 2.16. The maximum Gasteiger partial charge on any atom is 0.172 e. The van der Waals surface area contributed by atoms with Gasteiger partial charge in [-0.1, -0.05) is 15.9 Å². The molecule has 0 fully saturated rings. The number of hydrogen-bond acceptors (Lipinski definition) is 2. The molecule has 0 spiro atoms. The fourth-order valence-corrected chi connectivity index (χ4v) is 2.39. The van der Waals surface area contributed by atoms with E-state index in [1.807, 2.05) is 0 Å². The molecule has 0 unspecified atom stereocenters. The van der Waals surface area contributed by atoms with Crippen molar-refractivity contribution in [2.45, 2.75) is 13.5 Å². The zero-order chi connectivity index (χ0) is 10.7. The van der Waals surface area contributed by atoms with Crippen molar-refractivity contribution in [1.29, 1.82) is 0 Å². The quantitative estimate of drug-likeness (QED) is 0.923. The van der Waals surface area contributed by atoms with Crippen molar-refractivity contribution in [3.63, 3.8) is 0 Å². The van der Waals surface area contributed by atoms with Gasteiger partial charge in [-0.25, -0.2) is 4.39 Å². The third-order valence-corrected chi connectivity index (χ3v) is 2.97. The van der Waals surface area contributed by atoms with Gasteiger partial charge in [0.1, 0.15) is 0 Å². The predicted molar refractivity (Wildman–Crippen MR) is 58.9 cm³/mol. The lowest BCUT2D eigenvalue weighted by Crippen LogP contribution is -2.00. The van der Waals surface area contributed by atoms with E-state index < -0.39 is 5.82 Å². The van der Waals surface area contributed by atoms with Crippen LogP contribution in [0.5, 0.6) is 5.75 Å². The van der Waals surface area contributed by atoms with Gasteiger partial charge in [-0.05, 0) is 28.9 Å². The summed E-state index contributed by atoms with van der Waals surface area (Å²) in [4.78, 5) is 0. The molecule has 1 aromatic carbocycles. The second kappa shape index (κ2) is 5.09. The second-order valence-electron chi connectivity index (χ2n) is 2.55. The molecule has 0 aliphatic heterocycles. The number of ether oxygens (including phenoxy) is 1. The highest BCUT2D eigenvalue weighted by Crippen LogP contribution is 2.35. The van der Waals surface area contributed by atoms with Gasteiger partial charge in [0.05, 0.1) is 17.7 Å². The van der Waals surface area contributed by atoms with Crippen LogP contribution in [-0.4, -0.2) is 11.7 Å². The van der Waals surface area contributed by atoms with Crippen LogP contribution in [0.1, 0.15) is 12.5 Å². The highest BCUT2D eigenvalue weighted by atomic mass is 79.9. The Morgan fingerprint density at radius 1 is 1.43 bits per heavy atom. The molecule has 1 rings (SSSR count). The SMILES string of the molecule is CCOc1c(Br)cc(Br)c(CO)c1F. The first-order chi connectivity index (χ1) is 6.61. The minimum Gasteiger partial charge on any atom is -0.490 e. The van der Waals surface area contributed by atoms with Crippen molar-refractivity contribution in [3.8, 4) is 5.75 Å². The van der Waals surface area contributed by atoms with E-state index in [1.54, 1.807) is 13.0 Å². The van der Waals surface area contributed by atoms with Gasteiger partial charge >= 0.3 is 0 Å². The van der Waals surface area contributed by atoms with E-state index in [4.69, 9.17) is 9.84 Å². The van der Waals surface area contributed by atoms with E-state index in [1.165, 1.54) is 0 Å². The number of aliphatic hydroxyl groups excluding tert-OH is 1. The average molecular weight is 328 g/mol. The number of halogens is 3. The smallest absolute Gasteiger partial charge is 0.172 e. The Hall–Kier alpha value is -0.130. The first-order valence-corrected chi connectivity index (χ1v) is 5.60. The lowest BCUT2D eigenvalue weighted by atomic mass is 10.2. The molecule has 5 heteroatoms. The summed E-state index contributed by atoms with van der Waals surface area (Å²) in [5.41, 5.74) is 0.205. The molecule has 1 N–H and O–H groups in total. The monoisotopic (exact) mass is 326 g/mol. The third-order valence-electron chi connectivity index (χ3n) is 1.67. The molecule has 0 aliphatic carbocycles. The number of rotatable bonds is 3. The molecule has 14 heavy (non-hydrogen) atoms. The van der Waals surface area contributed by atoms with Crippen molar-refractivity contribution < 1.29 is 14.2 Å². The van der Waals surface area contributed by atoms with Crippen molar-refractivity contribution in [1.82, 2.24) is 0 Å². The maximum absolute atomic E-state index is 13.6. The number of hydrogen-bond donors (Lipinski definition) is 1. The van der Waals surface area contributed by atoms with Gasteiger partial charge in [-0.3, -0.25) is 0 Å². The molecule has 0 heterocycles. The van der Waals surface area contributed by atoms with Crippen LogP contribution in [0.25, 0.3) is 0 Å². The first-order valence-electron chi connectivity index (χ1n) is 4.01. The molecule has 0 saturated heterocycles. The fraction of sp³-hybridized carbons (Fsp3) is 0.333. The van der Waals surface area contributed by atoms with Crippen LogP contribution in [0.15, 0.2) is 15.0 Å². The van der Waals surface area contributed by atoms with Gasteiger partial charge in [0.2, 0.25) is 0 Å². The average Bonchev–Trinajstić information content (AvgIpc) is 2.12. The standard InChI is InChI=1S/C9H9Br2FO2/c1-2-14-9-7(11)3-6(10)5(4-13)8(9)12/h3,13H,2,4H2,1H3. The summed E-state index contributed by atoms with van der Waals surface area (Å²) in [6, 6.07) is 1.65. The zero-order valence-electron chi connectivity index (χ0n) is 7.48. The van der Waals surface area contributed by atoms with Gasteiger partial charge in [0, 0.05) is 10.0 Å². The van der Waals surface area contributed by atoms with E-state index in [2.05, 4.69) is 31.9 Å². The Kier molecular flexibility index (Phi) is 4.34. The van der Waals surface area contributed by atoms with Crippen LogP contribution in [0.4, 0.5) is 4.39 Å². The van der Waals surface area contributed by atoms with Gasteiger partial charge in [0.15, 0.2) is 11.6 Å². The Labute approximate surface area is 98.3 Å². The Bertz CT molecular complexity index is 342. The summed E-state index contributed by atoms with van der Waals surface area (Å²) in [5, 5.41) is 8.94. The number of aliphatic hydroxyl groups is 1. The van der Waals surface area contributed by atoms with Crippen molar-refractivity contribution >= 4 is 31.9 Å². The lowest BCUT2D eigenvalue weighted by Gasteiger charge is -2.11. The summed E-state index contributed by atoms with van der Waals surface area (Å²) < 4.78 is 19.8. The number of benzene rings is 1. The van der Waals surface area contributed by atoms with Crippen LogP contribution >= 0.6 is 31.9 Å². The van der Waals surface area contributed by atoms with Gasteiger partial charge in [-0.15, -0.1) is 0 Å². The molecule has 0 saturated carbocycles. The van der Waals surface area contributed by atoms with E-state index in [0.717, 1.165) is 0 Å². The van der Waals surface area contributed by atoms with Crippen LogP contribution in [0.3, 0.4) is 0 Å². The van der Waals surface area contributed by atoms with Gasteiger partial charge in [0.25, 0.3) is 0 Å². The van der Waals surface area contributed by atoms with Gasteiger partial charge in [-0.2, -0.15) is 0 Å². The summed E-state index contributed by atoms with van der Waals surface area (Å²) in [7, 11) is 0. The minimum atomic E-state index is -0.532. The zero-order valence-corrected chi connectivity index (χ0v) is 10.7. The predicted octanol–water partition coefficient (Wildman–Crippen LogP) is 3.24. The molecule has 2 nitrogen and oxygen atoms in total. The minimum absolute atomic E-state index is 0.139. The summed E-state index contributed by atoms with van der Waals surface area (Å²) in [6.45, 7) is 1.79. The summed E-state index contributed by atoms with van der Waals surface area (Å²) in [5.74, 6) is -0.393. The third kappa shape index (κ3) is 2.27. The first kappa shape index (κ1) is 11.9. The largest absolute Gasteiger partial charge is 0.490 e. The molecule has 0 radical (unpaired) electrons. The second-order valence-corrected chi connectivity index (χ2v) is 4.26. The van der Waals surface area contributed by atoms with Gasteiger partial charge < -0.3 is 9.84 Å². The normalized spacial score (nSPS) is 10.4. The molecule has 0 bridgehead atoms. The van der Waals surface area contributed by atoms with Crippen molar-refractivity contribution in [2.24, 2.45) is 0 Å². The van der Waals surface area contributed by atoms with Crippen LogP contribution in [0.2, 0.25) is 0 Å². The fourth-order valence-electron chi connectivity index (χ4n) is 1.03. The highest BCUT2D eigenvalue weighted by molar-refractivity contribution is 9.11.